The fourth-order valence-corrected chi connectivity index (χ4v) is 3.85. The summed E-state index contributed by atoms with van der Waals surface area (Å²) in [5.41, 5.74) is -1.05. The smallest absolute Gasteiger partial charge is 0.131 e. The molecule has 0 radical (unpaired) electrons. The lowest BCUT2D eigenvalue weighted by Crippen LogP contribution is -2.54. The molecule has 17 heavy (non-hydrogen) atoms. The molecule has 0 aromatic heterocycles. The highest BCUT2D eigenvalue weighted by molar-refractivity contribution is 5.24. The number of rotatable bonds is 0. The summed E-state index contributed by atoms with van der Waals surface area (Å²) in [6.07, 6.45) is 7.38. The molecule has 2 unspecified atom stereocenters. The molecule has 3 atom stereocenters. The summed E-state index contributed by atoms with van der Waals surface area (Å²) < 4.78 is 0. The van der Waals surface area contributed by atoms with Gasteiger partial charge in [0.25, 0.3) is 0 Å². The maximum Gasteiger partial charge on any atom is 0.131 e. The van der Waals surface area contributed by atoms with Crippen molar-refractivity contribution in [3.63, 3.8) is 0 Å². The Morgan fingerprint density at radius 2 is 1.65 bits per heavy atom. The Morgan fingerprint density at radius 3 is 1.94 bits per heavy atom. The van der Waals surface area contributed by atoms with Gasteiger partial charge in [-0.25, -0.2) is 0 Å². The third-order valence-electron chi connectivity index (χ3n) is 5.19. The van der Waals surface area contributed by atoms with Gasteiger partial charge >= 0.3 is 0 Å². The van der Waals surface area contributed by atoms with Gasteiger partial charge < -0.3 is 5.11 Å². The first-order valence-electron chi connectivity index (χ1n) is 6.60. The Kier molecular flexibility index (Phi) is 3.22. The van der Waals surface area contributed by atoms with Crippen LogP contribution in [0.2, 0.25) is 0 Å². The van der Waals surface area contributed by atoms with E-state index in [1.165, 1.54) is 0 Å². The normalized spacial score (nSPS) is 39.1. The summed E-state index contributed by atoms with van der Waals surface area (Å²) in [6.45, 7) is 15.5. The Bertz CT molecular complexity index is 336. The minimum atomic E-state index is -0.969. The van der Waals surface area contributed by atoms with Gasteiger partial charge in [0.2, 0.25) is 0 Å². The third kappa shape index (κ3) is 1.91. The SMILES string of the molecule is C#CC1(O)CCC(C(C)(C)C)[C@]1(C)C(C)(C)C. The number of hydrogen-bond acceptors (Lipinski definition) is 1. The molecule has 0 saturated heterocycles. The van der Waals surface area contributed by atoms with Crippen molar-refractivity contribution in [3.8, 4) is 12.3 Å². The van der Waals surface area contributed by atoms with Gasteiger partial charge in [-0.2, -0.15) is 0 Å². The van der Waals surface area contributed by atoms with Crippen LogP contribution < -0.4 is 0 Å². The van der Waals surface area contributed by atoms with Crippen molar-refractivity contribution in [3.05, 3.63) is 0 Å². The molecule has 1 aliphatic carbocycles. The van der Waals surface area contributed by atoms with Gasteiger partial charge in [0.05, 0.1) is 0 Å². The number of aliphatic hydroxyl groups is 1. The molecule has 0 heterocycles. The minimum Gasteiger partial charge on any atom is -0.377 e. The summed E-state index contributed by atoms with van der Waals surface area (Å²) in [5, 5.41) is 10.9. The number of hydrogen-bond donors (Lipinski definition) is 1. The van der Waals surface area contributed by atoms with E-state index in [4.69, 9.17) is 6.42 Å². The lowest BCUT2D eigenvalue weighted by atomic mass is 9.52. The van der Waals surface area contributed by atoms with Crippen LogP contribution in [0.1, 0.15) is 61.3 Å². The van der Waals surface area contributed by atoms with Gasteiger partial charge in [0.15, 0.2) is 0 Å². The summed E-state index contributed by atoms with van der Waals surface area (Å²) in [6, 6.07) is 0. The van der Waals surface area contributed by atoms with Crippen molar-refractivity contribution >= 4 is 0 Å². The molecule has 0 amide bonds. The van der Waals surface area contributed by atoms with Crippen LogP contribution in [-0.2, 0) is 0 Å². The molecule has 0 aliphatic heterocycles. The molecule has 98 valence electrons. The molecular weight excluding hydrogens is 208 g/mol. The highest BCUT2D eigenvalue weighted by Gasteiger charge is 2.63. The molecule has 1 heteroatoms. The van der Waals surface area contributed by atoms with Crippen molar-refractivity contribution < 1.29 is 5.11 Å². The second kappa shape index (κ2) is 3.75. The largest absolute Gasteiger partial charge is 0.377 e. The minimum absolute atomic E-state index is 0.0113. The van der Waals surface area contributed by atoms with Crippen molar-refractivity contribution in [2.24, 2.45) is 22.2 Å². The lowest BCUT2D eigenvalue weighted by Gasteiger charge is -2.53. The predicted octanol–water partition coefficient (Wildman–Crippen LogP) is 3.86. The molecule has 1 rings (SSSR count). The van der Waals surface area contributed by atoms with Crippen LogP contribution in [0, 0.1) is 34.5 Å². The van der Waals surface area contributed by atoms with E-state index in [0.29, 0.717) is 5.92 Å². The first kappa shape index (κ1) is 14.6. The summed E-state index contributed by atoms with van der Waals surface area (Å²) in [7, 11) is 0. The molecule has 1 N–H and O–H groups in total. The highest BCUT2D eigenvalue weighted by atomic mass is 16.3. The first-order valence-corrected chi connectivity index (χ1v) is 6.60. The zero-order valence-electron chi connectivity index (χ0n) is 12.5. The van der Waals surface area contributed by atoms with Gasteiger partial charge in [-0.15, -0.1) is 6.42 Å². The van der Waals surface area contributed by atoms with Crippen molar-refractivity contribution in [1.82, 2.24) is 0 Å². The lowest BCUT2D eigenvalue weighted by molar-refractivity contribution is -0.112. The summed E-state index contributed by atoms with van der Waals surface area (Å²) in [5.74, 6) is 3.14. The topological polar surface area (TPSA) is 20.2 Å². The molecule has 0 spiro atoms. The van der Waals surface area contributed by atoms with E-state index in [1.54, 1.807) is 0 Å². The van der Waals surface area contributed by atoms with Crippen LogP contribution in [0.4, 0.5) is 0 Å². The van der Waals surface area contributed by atoms with E-state index in [-0.39, 0.29) is 16.2 Å². The van der Waals surface area contributed by atoms with Gasteiger partial charge in [-0.3, -0.25) is 0 Å². The van der Waals surface area contributed by atoms with Crippen LogP contribution in [0.5, 0.6) is 0 Å². The second-order valence-electron chi connectivity index (χ2n) is 7.91. The van der Waals surface area contributed by atoms with E-state index >= 15 is 0 Å². The monoisotopic (exact) mass is 236 g/mol. The fraction of sp³-hybridized carbons (Fsp3) is 0.875. The fourth-order valence-electron chi connectivity index (χ4n) is 3.85. The van der Waals surface area contributed by atoms with E-state index in [0.717, 1.165) is 12.8 Å². The Hall–Kier alpha value is -0.480. The van der Waals surface area contributed by atoms with Gasteiger partial charge in [-0.1, -0.05) is 54.4 Å². The molecule has 0 aromatic rings. The van der Waals surface area contributed by atoms with Crippen LogP contribution >= 0.6 is 0 Å². The summed E-state index contributed by atoms with van der Waals surface area (Å²) in [4.78, 5) is 0. The number of terminal acetylenes is 1. The van der Waals surface area contributed by atoms with Crippen molar-refractivity contribution in [2.75, 3.05) is 0 Å². The Labute approximate surface area is 107 Å². The molecule has 1 fully saturated rings. The molecule has 1 saturated carbocycles. The summed E-state index contributed by atoms with van der Waals surface area (Å²) >= 11 is 0. The second-order valence-corrected chi connectivity index (χ2v) is 7.91. The average Bonchev–Trinajstić information content (AvgIpc) is 2.40. The molecule has 1 nitrogen and oxygen atoms in total. The zero-order chi connectivity index (χ0) is 13.7. The first-order chi connectivity index (χ1) is 7.40. The van der Waals surface area contributed by atoms with Crippen LogP contribution in [-0.4, -0.2) is 10.7 Å². The maximum absolute atomic E-state index is 10.9. The molecule has 0 bridgehead atoms. The molecule has 1 aliphatic rings. The average molecular weight is 236 g/mol. The van der Waals surface area contributed by atoms with Crippen molar-refractivity contribution in [2.45, 2.75) is 66.9 Å². The van der Waals surface area contributed by atoms with Crippen LogP contribution in [0.3, 0.4) is 0 Å². The van der Waals surface area contributed by atoms with E-state index in [1.807, 2.05) is 0 Å². The predicted molar refractivity (Wildman–Crippen MR) is 73.5 cm³/mol. The van der Waals surface area contributed by atoms with Gasteiger partial charge in [-0.05, 0) is 29.6 Å². The zero-order valence-corrected chi connectivity index (χ0v) is 12.5. The standard InChI is InChI=1S/C16H28O/c1-9-16(17)11-10-12(13(2,3)4)15(16,8)14(5,6)7/h1,12,17H,10-11H2,2-8H3/t12?,15-,16?/m1/s1. The van der Waals surface area contributed by atoms with Crippen LogP contribution in [0.25, 0.3) is 0 Å². The molecular formula is C16H28O. The Balaban J connectivity index is 3.38. The third-order valence-corrected chi connectivity index (χ3v) is 5.19. The quantitative estimate of drug-likeness (QED) is 0.633. The van der Waals surface area contributed by atoms with E-state index in [2.05, 4.69) is 54.4 Å². The molecule has 0 aromatic carbocycles. The van der Waals surface area contributed by atoms with E-state index < -0.39 is 5.60 Å². The van der Waals surface area contributed by atoms with E-state index in [9.17, 15) is 5.11 Å². The van der Waals surface area contributed by atoms with Crippen molar-refractivity contribution in [1.29, 1.82) is 0 Å². The van der Waals surface area contributed by atoms with Gasteiger partial charge in [0.1, 0.15) is 5.60 Å². The Morgan fingerprint density at radius 1 is 1.18 bits per heavy atom. The maximum atomic E-state index is 10.9. The van der Waals surface area contributed by atoms with Gasteiger partial charge in [0, 0.05) is 5.41 Å². The highest BCUT2D eigenvalue weighted by Crippen LogP contribution is 2.63. The van der Waals surface area contributed by atoms with Crippen LogP contribution in [0.15, 0.2) is 0 Å².